The van der Waals surface area contributed by atoms with Crippen LogP contribution >= 0.6 is 0 Å². The number of aliphatic carboxylic acids is 1. The monoisotopic (exact) mass is 267 g/mol. The summed E-state index contributed by atoms with van der Waals surface area (Å²) in [5.74, 6) is -2.09. The van der Waals surface area contributed by atoms with E-state index in [0.717, 1.165) is 6.92 Å². The number of amides is 1. The van der Waals surface area contributed by atoms with E-state index in [2.05, 4.69) is 0 Å². The number of fused-ring (bicyclic) bond motifs is 1. The highest BCUT2D eigenvalue weighted by Crippen LogP contribution is 2.29. The molecular formula is C13H14FNO4. The SMILES string of the molecule is CC(O)(CN1C(=O)CCc2cc(F)ccc21)C(=O)O. The molecule has 2 N–H and O–H groups in total. The number of rotatable bonds is 3. The number of anilines is 1. The minimum atomic E-state index is -2.04. The summed E-state index contributed by atoms with van der Waals surface area (Å²) in [6, 6.07) is 3.96. The minimum absolute atomic E-state index is 0.173. The second-order valence-electron chi connectivity index (χ2n) is 4.83. The molecule has 0 saturated carbocycles. The van der Waals surface area contributed by atoms with Crippen LogP contribution in [0.2, 0.25) is 0 Å². The van der Waals surface area contributed by atoms with Crippen LogP contribution in [0.4, 0.5) is 10.1 Å². The molecule has 2 rings (SSSR count). The van der Waals surface area contributed by atoms with E-state index in [1.54, 1.807) is 0 Å². The Hall–Kier alpha value is -1.95. The summed E-state index contributed by atoms with van der Waals surface area (Å²) in [4.78, 5) is 24.0. The molecule has 6 heteroatoms. The number of carbonyl (C=O) groups is 2. The summed E-state index contributed by atoms with van der Waals surface area (Å²) in [6.07, 6.45) is 0.587. The van der Waals surface area contributed by atoms with Gasteiger partial charge in [-0.15, -0.1) is 0 Å². The maximum atomic E-state index is 13.1. The maximum Gasteiger partial charge on any atom is 0.337 e. The molecule has 19 heavy (non-hydrogen) atoms. The fourth-order valence-electron chi connectivity index (χ4n) is 2.08. The van der Waals surface area contributed by atoms with Crippen LogP contribution in [0, 0.1) is 5.82 Å². The Labute approximate surface area is 109 Å². The van der Waals surface area contributed by atoms with Crippen LogP contribution in [-0.2, 0) is 16.0 Å². The van der Waals surface area contributed by atoms with Gasteiger partial charge in [-0.25, -0.2) is 9.18 Å². The van der Waals surface area contributed by atoms with Crippen LogP contribution in [0.5, 0.6) is 0 Å². The number of nitrogens with zero attached hydrogens (tertiary/aromatic N) is 1. The highest BCUT2D eigenvalue weighted by molar-refractivity contribution is 5.97. The van der Waals surface area contributed by atoms with Crippen molar-refractivity contribution in [2.45, 2.75) is 25.4 Å². The molecule has 0 aliphatic carbocycles. The highest BCUT2D eigenvalue weighted by atomic mass is 19.1. The molecule has 1 unspecified atom stereocenters. The average Bonchev–Trinajstić information content (AvgIpc) is 2.32. The van der Waals surface area contributed by atoms with E-state index < -0.39 is 17.4 Å². The fourth-order valence-corrected chi connectivity index (χ4v) is 2.08. The van der Waals surface area contributed by atoms with Gasteiger partial charge in [-0.2, -0.15) is 0 Å². The molecule has 0 radical (unpaired) electrons. The highest BCUT2D eigenvalue weighted by Gasteiger charge is 2.36. The van der Waals surface area contributed by atoms with E-state index in [1.807, 2.05) is 0 Å². The number of carboxylic acids is 1. The van der Waals surface area contributed by atoms with E-state index in [4.69, 9.17) is 5.11 Å². The van der Waals surface area contributed by atoms with Crippen molar-refractivity contribution in [3.8, 4) is 0 Å². The third kappa shape index (κ3) is 2.58. The number of benzene rings is 1. The minimum Gasteiger partial charge on any atom is -0.479 e. The van der Waals surface area contributed by atoms with Crippen LogP contribution in [0.15, 0.2) is 18.2 Å². The number of aryl methyl sites for hydroxylation is 1. The van der Waals surface area contributed by atoms with Crippen LogP contribution in [0.25, 0.3) is 0 Å². The summed E-state index contributed by atoms with van der Waals surface area (Å²) in [6.45, 7) is 0.764. The topological polar surface area (TPSA) is 77.8 Å². The van der Waals surface area contributed by atoms with Crippen molar-refractivity contribution < 1.29 is 24.2 Å². The van der Waals surface area contributed by atoms with Gasteiger partial charge in [0.2, 0.25) is 5.91 Å². The maximum absolute atomic E-state index is 13.1. The second kappa shape index (κ2) is 4.62. The van der Waals surface area contributed by atoms with Crippen LogP contribution in [0.1, 0.15) is 18.9 Å². The van der Waals surface area contributed by atoms with Gasteiger partial charge in [0, 0.05) is 12.1 Å². The van der Waals surface area contributed by atoms with Gasteiger partial charge >= 0.3 is 5.97 Å². The molecule has 1 aromatic carbocycles. The van der Waals surface area contributed by atoms with E-state index in [0.29, 0.717) is 17.7 Å². The molecule has 102 valence electrons. The lowest BCUT2D eigenvalue weighted by Crippen LogP contribution is -2.50. The summed E-state index contributed by atoms with van der Waals surface area (Å²) >= 11 is 0. The van der Waals surface area contributed by atoms with Crippen LogP contribution in [0.3, 0.4) is 0 Å². The lowest BCUT2D eigenvalue weighted by atomic mass is 9.98. The first-order valence-corrected chi connectivity index (χ1v) is 5.86. The van der Waals surface area contributed by atoms with Gasteiger partial charge in [0.25, 0.3) is 0 Å². The number of halogens is 1. The smallest absolute Gasteiger partial charge is 0.337 e. The number of hydrogen-bond acceptors (Lipinski definition) is 3. The van der Waals surface area contributed by atoms with Gasteiger partial charge < -0.3 is 15.1 Å². The summed E-state index contributed by atoms with van der Waals surface area (Å²) in [5, 5.41) is 18.7. The third-order valence-electron chi connectivity index (χ3n) is 3.17. The van der Waals surface area contributed by atoms with E-state index in [1.165, 1.54) is 23.1 Å². The Morgan fingerprint density at radius 2 is 2.16 bits per heavy atom. The first-order valence-electron chi connectivity index (χ1n) is 5.86. The van der Waals surface area contributed by atoms with Crippen molar-refractivity contribution in [3.05, 3.63) is 29.6 Å². The Morgan fingerprint density at radius 3 is 2.79 bits per heavy atom. The Kier molecular flexibility index (Phi) is 3.28. The standard InChI is InChI=1S/C13H14FNO4/c1-13(19,12(17)18)7-15-10-4-3-9(14)6-8(10)2-5-11(15)16/h3-4,6,19H,2,5,7H2,1H3,(H,17,18). The molecule has 0 bridgehead atoms. The largest absolute Gasteiger partial charge is 0.479 e. The van der Waals surface area contributed by atoms with Crippen LogP contribution < -0.4 is 4.90 Å². The van der Waals surface area contributed by atoms with E-state index >= 15 is 0 Å². The van der Waals surface area contributed by atoms with E-state index in [-0.39, 0.29) is 18.9 Å². The zero-order valence-electron chi connectivity index (χ0n) is 10.4. The zero-order chi connectivity index (χ0) is 14.2. The van der Waals surface area contributed by atoms with Crippen molar-refractivity contribution in [2.24, 2.45) is 0 Å². The second-order valence-corrected chi connectivity index (χ2v) is 4.83. The van der Waals surface area contributed by atoms with Crippen molar-refractivity contribution in [1.82, 2.24) is 0 Å². The van der Waals surface area contributed by atoms with Crippen molar-refractivity contribution in [2.75, 3.05) is 11.4 Å². The number of hydrogen-bond donors (Lipinski definition) is 2. The first kappa shape index (κ1) is 13.5. The molecule has 1 aromatic rings. The van der Waals surface area contributed by atoms with Gasteiger partial charge in [-0.3, -0.25) is 4.79 Å². The zero-order valence-corrected chi connectivity index (χ0v) is 10.4. The number of β-amino-alcohol motifs (C(OH)–C–C–N with tert-alkyl or cyclic N) is 1. The van der Waals surface area contributed by atoms with Gasteiger partial charge in [0.15, 0.2) is 5.60 Å². The predicted molar refractivity (Wildman–Crippen MR) is 65.3 cm³/mol. The molecule has 0 fully saturated rings. The fraction of sp³-hybridized carbons (Fsp3) is 0.385. The van der Waals surface area contributed by atoms with E-state index in [9.17, 15) is 19.1 Å². The van der Waals surface area contributed by atoms with Crippen LogP contribution in [-0.4, -0.2) is 34.2 Å². The molecule has 0 aromatic heterocycles. The Balaban J connectivity index is 2.36. The molecule has 5 nitrogen and oxygen atoms in total. The molecule has 1 heterocycles. The average molecular weight is 267 g/mol. The van der Waals surface area contributed by atoms with Crippen molar-refractivity contribution >= 4 is 17.6 Å². The Morgan fingerprint density at radius 1 is 1.47 bits per heavy atom. The molecule has 0 saturated heterocycles. The van der Waals surface area contributed by atoms with Gasteiger partial charge in [0.05, 0.1) is 6.54 Å². The van der Waals surface area contributed by atoms with Crippen molar-refractivity contribution in [1.29, 1.82) is 0 Å². The summed E-state index contributed by atoms with van der Waals surface area (Å²) in [7, 11) is 0. The number of carbonyl (C=O) groups excluding carboxylic acids is 1. The molecule has 1 atom stereocenters. The first-order chi connectivity index (χ1) is 8.81. The molecule has 1 amide bonds. The summed E-state index contributed by atoms with van der Waals surface area (Å²) < 4.78 is 13.1. The molecule has 1 aliphatic rings. The molecule has 0 spiro atoms. The normalized spacial score (nSPS) is 17.8. The lowest BCUT2D eigenvalue weighted by molar-refractivity contribution is -0.155. The summed E-state index contributed by atoms with van der Waals surface area (Å²) in [5.41, 5.74) is -0.946. The van der Waals surface area contributed by atoms with Crippen molar-refractivity contribution in [3.63, 3.8) is 0 Å². The van der Waals surface area contributed by atoms with Gasteiger partial charge in [-0.05, 0) is 37.1 Å². The quantitative estimate of drug-likeness (QED) is 0.854. The van der Waals surface area contributed by atoms with Gasteiger partial charge in [0.1, 0.15) is 5.82 Å². The molecule has 1 aliphatic heterocycles. The Bertz CT molecular complexity index is 541. The number of carboxylic acid groups (broad SMARTS) is 1. The number of aliphatic hydroxyl groups is 1. The third-order valence-corrected chi connectivity index (χ3v) is 3.17. The molecular weight excluding hydrogens is 253 g/mol. The predicted octanol–water partition coefficient (Wildman–Crippen LogP) is 0.940. The lowest BCUT2D eigenvalue weighted by Gasteiger charge is -2.33. The van der Waals surface area contributed by atoms with Gasteiger partial charge in [-0.1, -0.05) is 0 Å².